The van der Waals surface area contributed by atoms with Crippen molar-refractivity contribution in [2.75, 3.05) is 6.54 Å². The van der Waals surface area contributed by atoms with Gasteiger partial charge >= 0.3 is 0 Å². The maximum atomic E-state index is 13.7. The van der Waals surface area contributed by atoms with Gasteiger partial charge in [0.25, 0.3) is 0 Å². The number of aliphatic hydroxyl groups excluding tert-OH is 1. The summed E-state index contributed by atoms with van der Waals surface area (Å²) in [5, 5.41) is 12.9. The molecule has 1 fully saturated rings. The Labute approximate surface area is 135 Å². The van der Waals surface area contributed by atoms with E-state index in [0.717, 1.165) is 24.8 Å². The van der Waals surface area contributed by atoms with E-state index < -0.39 is 17.3 Å². The lowest BCUT2D eigenvalue weighted by Gasteiger charge is -2.41. The fourth-order valence-electron chi connectivity index (χ4n) is 3.15. The number of benzene rings is 2. The lowest BCUT2D eigenvalue weighted by molar-refractivity contribution is -0.130. The van der Waals surface area contributed by atoms with Crippen molar-refractivity contribution in [2.24, 2.45) is 0 Å². The number of halogens is 1. The first-order valence-corrected chi connectivity index (χ1v) is 7.90. The van der Waals surface area contributed by atoms with Crippen molar-refractivity contribution in [2.45, 2.75) is 30.8 Å². The average molecular weight is 313 g/mol. The third-order valence-electron chi connectivity index (χ3n) is 4.69. The number of carbonyl (C=O) groups excluding carboxylic acids is 1. The van der Waals surface area contributed by atoms with Crippen molar-refractivity contribution in [1.29, 1.82) is 0 Å². The summed E-state index contributed by atoms with van der Waals surface area (Å²) < 4.78 is 13.7. The van der Waals surface area contributed by atoms with Crippen LogP contribution >= 0.6 is 0 Å². The van der Waals surface area contributed by atoms with Crippen LogP contribution in [0.15, 0.2) is 54.6 Å². The molecule has 3 nitrogen and oxygen atoms in total. The Kier molecular flexibility index (Phi) is 4.44. The minimum absolute atomic E-state index is 0.00828. The van der Waals surface area contributed by atoms with Crippen LogP contribution in [-0.4, -0.2) is 17.6 Å². The summed E-state index contributed by atoms with van der Waals surface area (Å²) in [6, 6.07) is 15.8. The summed E-state index contributed by atoms with van der Waals surface area (Å²) >= 11 is 0. The summed E-state index contributed by atoms with van der Waals surface area (Å²) in [5.74, 6) is -0.555. The fraction of sp³-hybridized carbons (Fsp3) is 0.316. The van der Waals surface area contributed by atoms with Crippen LogP contribution in [0.2, 0.25) is 0 Å². The third-order valence-corrected chi connectivity index (χ3v) is 4.69. The molecule has 0 aliphatic heterocycles. The fourth-order valence-corrected chi connectivity index (χ4v) is 3.15. The number of hydrogen-bond donors (Lipinski definition) is 2. The van der Waals surface area contributed by atoms with Crippen molar-refractivity contribution in [3.63, 3.8) is 0 Å². The third kappa shape index (κ3) is 2.99. The SMILES string of the molecule is O=C(NCC(O)c1ccccc1F)C1(c2ccccc2)CCC1. The molecule has 1 unspecified atom stereocenters. The molecule has 0 saturated heterocycles. The van der Waals surface area contributed by atoms with Gasteiger partial charge in [-0.15, -0.1) is 0 Å². The number of carbonyl (C=O) groups is 1. The van der Waals surface area contributed by atoms with E-state index in [1.165, 1.54) is 12.1 Å². The van der Waals surface area contributed by atoms with E-state index in [1.807, 2.05) is 30.3 Å². The number of hydrogen-bond acceptors (Lipinski definition) is 2. The molecule has 1 atom stereocenters. The van der Waals surface area contributed by atoms with E-state index in [9.17, 15) is 14.3 Å². The molecule has 120 valence electrons. The van der Waals surface area contributed by atoms with Crippen LogP contribution in [0, 0.1) is 5.82 Å². The highest BCUT2D eigenvalue weighted by Crippen LogP contribution is 2.43. The molecular weight excluding hydrogens is 293 g/mol. The molecule has 4 heteroatoms. The summed E-state index contributed by atoms with van der Waals surface area (Å²) in [7, 11) is 0. The number of aliphatic hydroxyl groups is 1. The Morgan fingerprint density at radius 2 is 1.78 bits per heavy atom. The summed E-state index contributed by atoms with van der Waals surface area (Å²) in [4.78, 5) is 12.7. The molecule has 0 spiro atoms. The second-order valence-corrected chi connectivity index (χ2v) is 6.05. The zero-order valence-corrected chi connectivity index (χ0v) is 12.8. The van der Waals surface area contributed by atoms with Crippen molar-refractivity contribution in [3.05, 3.63) is 71.5 Å². The average Bonchev–Trinajstić information content (AvgIpc) is 2.53. The zero-order chi connectivity index (χ0) is 16.3. The molecule has 1 aliphatic carbocycles. The Bertz CT molecular complexity index is 683. The van der Waals surface area contributed by atoms with Gasteiger partial charge < -0.3 is 10.4 Å². The highest BCUT2D eigenvalue weighted by molar-refractivity contribution is 5.89. The van der Waals surface area contributed by atoms with Crippen molar-refractivity contribution < 1.29 is 14.3 Å². The van der Waals surface area contributed by atoms with Crippen molar-refractivity contribution in [3.8, 4) is 0 Å². The van der Waals surface area contributed by atoms with E-state index in [0.29, 0.717) is 0 Å². The molecule has 0 radical (unpaired) electrons. The van der Waals surface area contributed by atoms with Crippen LogP contribution in [0.1, 0.15) is 36.5 Å². The normalized spacial score (nSPS) is 17.1. The number of rotatable bonds is 5. The van der Waals surface area contributed by atoms with E-state index in [2.05, 4.69) is 5.32 Å². The van der Waals surface area contributed by atoms with Gasteiger partial charge in [0.2, 0.25) is 5.91 Å². The van der Waals surface area contributed by atoms with Gasteiger partial charge in [0.1, 0.15) is 5.82 Å². The minimum atomic E-state index is -1.05. The topological polar surface area (TPSA) is 49.3 Å². The predicted octanol–water partition coefficient (Wildman–Crippen LogP) is 3.10. The molecule has 1 saturated carbocycles. The second-order valence-electron chi connectivity index (χ2n) is 6.05. The summed E-state index contributed by atoms with van der Waals surface area (Å²) in [6.07, 6.45) is 1.57. The molecule has 23 heavy (non-hydrogen) atoms. The molecule has 1 amide bonds. The first-order chi connectivity index (χ1) is 11.1. The van der Waals surface area contributed by atoms with Crippen LogP contribution < -0.4 is 5.32 Å². The maximum absolute atomic E-state index is 13.7. The predicted molar refractivity (Wildman–Crippen MR) is 86.3 cm³/mol. The quantitative estimate of drug-likeness (QED) is 0.891. The van der Waals surface area contributed by atoms with Crippen LogP contribution in [-0.2, 0) is 10.2 Å². The highest BCUT2D eigenvalue weighted by atomic mass is 19.1. The van der Waals surface area contributed by atoms with Gasteiger partial charge in [-0.05, 0) is 24.5 Å². The standard InChI is InChI=1S/C19H20FNO2/c20-16-10-5-4-9-15(16)17(22)13-21-18(23)19(11-6-12-19)14-7-2-1-3-8-14/h1-5,7-10,17,22H,6,11-13H2,(H,21,23). The zero-order valence-electron chi connectivity index (χ0n) is 12.8. The Balaban J connectivity index is 1.68. The lowest BCUT2D eigenvalue weighted by Crippen LogP contribution is -2.50. The van der Waals surface area contributed by atoms with Crippen LogP contribution in [0.25, 0.3) is 0 Å². The van der Waals surface area contributed by atoms with Gasteiger partial charge in [-0.25, -0.2) is 4.39 Å². The monoisotopic (exact) mass is 313 g/mol. The first kappa shape index (κ1) is 15.7. The molecule has 2 aromatic carbocycles. The van der Waals surface area contributed by atoms with Gasteiger partial charge in [-0.3, -0.25) is 4.79 Å². The molecule has 2 aromatic rings. The summed E-state index contributed by atoms with van der Waals surface area (Å²) in [6.45, 7) is 0.00828. The Morgan fingerprint density at radius 1 is 1.13 bits per heavy atom. The Hall–Kier alpha value is -2.20. The smallest absolute Gasteiger partial charge is 0.230 e. The van der Waals surface area contributed by atoms with Gasteiger partial charge in [0.05, 0.1) is 11.5 Å². The van der Waals surface area contributed by atoms with Gasteiger partial charge in [0, 0.05) is 12.1 Å². The van der Waals surface area contributed by atoms with E-state index in [-0.39, 0.29) is 18.0 Å². The van der Waals surface area contributed by atoms with Gasteiger partial charge in [0.15, 0.2) is 0 Å². The summed E-state index contributed by atoms with van der Waals surface area (Å²) in [5.41, 5.74) is 0.704. The number of nitrogens with one attached hydrogen (secondary N) is 1. The van der Waals surface area contributed by atoms with E-state index in [1.54, 1.807) is 12.1 Å². The lowest BCUT2D eigenvalue weighted by atomic mass is 9.64. The second kappa shape index (κ2) is 6.50. The van der Waals surface area contributed by atoms with E-state index >= 15 is 0 Å². The first-order valence-electron chi connectivity index (χ1n) is 7.90. The van der Waals surface area contributed by atoms with Crippen LogP contribution in [0.3, 0.4) is 0 Å². The molecule has 2 N–H and O–H groups in total. The molecule has 0 aromatic heterocycles. The largest absolute Gasteiger partial charge is 0.386 e. The van der Waals surface area contributed by atoms with Crippen molar-refractivity contribution >= 4 is 5.91 Å². The Morgan fingerprint density at radius 3 is 2.39 bits per heavy atom. The maximum Gasteiger partial charge on any atom is 0.230 e. The van der Waals surface area contributed by atoms with E-state index in [4.69, 9.17) is 0 Å². The van der Waals surface area contributed by atoms with Crippen LogP contribution in [0.4, 0.5) is 4.39 Å². The molecule has 0 bridgehead atoms. The van der Waals surface area contributed by atoms with Crippen molar-refractivity contribution in [1.82, 2.24) is 5.32 Å². The number of amides is 1. The molecule has 1 aliphatic rings. The highest BCUT2D eigenvalue weighted by Gasteiger charge is 2.45. The molecule has 0 heterocycles. The van der Waals surface area contributed by atoms with Gasteiger partial charge in [-0.1, -0.05) is 55.0 Å². The van der Waals surface area contributed by atoms with Gasteiger partial charge in [-0.2, -0.15) is 0 Å². The molecule has 3 rings (SSSR count). The molecular formula is C19H20FNO2. The minimum Gasteiger partial charge on any atom is -0.386 e. The van der Waals surface area contributed by atoms with Crippen LogP contribution in [0.5, 0.6) is 0 Å².